The minimum atomic E-state index is -0.777. The van der Waals surface area contributed by atoms with Crippen LogP contribution >= 0.6 is 0 Å². The van der Waals surface area contributed by atoms with Crippen LogP contribution in [0.3, 0.4) is 0 Å². The van der Waals surface area contributed by atoms with E-state index in [9.17, 15) is 14.4 Å². The molecular formula is C68H120O6. The molecule has 0 aliphatic carbocycles. The van der Waals surface area contributed by atoms with E-state index in [4.69, 9.17) is 14.2 Å². The van der Waals surface area contributed by atoms with Gasteiger partial charge in [0.2, 0.25) is 0 Å². The molecule has 0 saturated heterocycles. The Hall–Kier alpha value is -3.15. The van der Waals surface area contributed by atoms with Crippen LogP contribution in [0.15, 0.2) is 72.9 Å². The van der Waals surface area contributed by atoms with E-state index in [1.165, 1.54) is 186 Å². The molecule has 0 fully saturated rings. The van der Waals surface area contributed by atoms with Crippen molar-refractivity contribution in [1.29, 1.82) is 0 Å². The van der Waals surface area contributed by atoms with Crippen LogP contribution < -0.4 is 0 Å². The van der Waals surface area contributed by atoms with Crippen molar-refractivity contribution in [3.8, 4) is 0 Å². The minimum Gasteiger partial charge on any atom is -0.462 e. The fraction of sp³-hybridized carbons (Fsp3) is 0.779. The van der Waals surface area contributed by atoms with E-state index in [1.807, 2.05) is 0 Å². The molecule has 0 N–H and O–H groups in total. The average molecular weight is 1030 g/mol. The Kier molecular flexibility index (Phi) is 59.7. The highest BCUT2D eigenvalue weighted by atomic mass is 16.6. The average Bonchev–Trinajstić information content (AvgIpc) is 3.40. The first-order valence-electron chi connectivity index (χ1n) is 31.9. The molecule has 1 unspecified atom stereocenters. The summed E-state index contributed by atoms with van der Waals surface area (Å²) in [5, 5.41) is 0. The van der Waals surface area contributed by atoms with Crippen LogP contribution in [-0.2, 0) is 28.6 Å². The van der Waals surface area contributed by atoms with Gasteiger partial charge < -0.3 is 14.2 Å². The molecule has 0 rings (SSSR count). The lowest BCUT2D eigenvalue weighted by Gasteiger charge is -2.18. The standard InChI is InChI=1S/C68H120O6/c1-4-7-10-13-16-19-22-25-27-28-29-30-31-32-33-34-35-36-37-38-39-40-42-43-46-49-52-55-58-61-67(70)73-64-65(63-72-66(69)60-57-54-51-48-45-24-21-18-15-12-9-6-3)74-68(71)62-59-56-53-50-47-44-41-26-23-20-17-14-11-8-5-2/h7,10,16,19,25-27,29-30,32-33,41,65H,4-6,8-9,11-15,17-18,20-24,28,31,34-40,42-64H2,1-3H3/b10-7-,19-16-,27-25-,30-29-,33-32-,41-26-. The second kappa shape index (κ2) is 62.4. The van der Waals surface area contributed by atoms with Crippen molar-refractivity contribution < 1.29 is 28.6 Å². The van der Waals surface area contributed by atoms with E-state index in [0.717, 1.165) is 96.3 Å². The van der Waals surface area contributed by atoms with Crippen molar-refractivity contribution in [1.82, 2.24) is 0 Å². The Morgan fingerprint density at radius 3 is 0.838 bits per heavy atom. The number of hydrogen-bond acceptors (Lipinski definition) is 6. The Morgan fingerprint density at radius 1 is 0.284 bits per heavy atom. The molecule has 0 spiro atoms. The van der Waals surface area contributed by atoms with Gasteiger partial charge in [0.1, 0.15) is 13.2 Å². The van der Waals surface area contributed by atoms with Gasteiger partial charge in [-0.1, -0.05) is 286 Å². The molecule has 0 aliphatic heterocycles. The van der Waals surface area contributed by atoms with Gasteiger partial charge in [-0.2, -0.15) is 0 Å². The molecule has 0 aromatic heterocycles. The number of unbranched alkanes of at least 4 members (excludes halogenated alkanes) is 35. The number of carbonyl (C=O) groups is 3. The normalized spacial score (nSPS) is 12.5. The predicted octanol–water partition coefficient (Wildman–Crippen LogP) is 21.7. The first kappa shape index (κ1) is 70.8. The summed E-state index contributed by atoms with van der Waals surface area (Å²) in [6, 6.07) is 0. The van der Waals surface area contributed by atoms with Gasteiger partial charge in [0.05, 0.1) is 0 Å². The molecule has 0 saturated carbocycles. The van der Waals surface area contributed by atoms with Gasteiger partial charge in [-0.3, -0.25) is 14.4 Å². The smallest absolute Gasteiger partial charge is 0.306 e. The van der Waals surface area contributed by atoms with Gasteiger partial charge >= 0.3 is 17.9 Å². The Morgan fingerprint density at radius 2 is 0.527 bits per heavy atom. The zero-order chi connectivity index (χ0) is 53.6. The summed E-state index contributed by atoms with van der Waals surface area (Å²) in [7, 11) is 0. The van der Waals surface area contributed by atoms with Gasteiger partial charge in [-0.25, -0.2) is 0 Å². The SMILES string of the molecule is CC/C=C\C/C=C\C/C=C\C/C=C\C/C=C\CCCCCCCCCCCCCCCC(=O)OCC(COC(=O)CCCCCCCCCCCCCC)OC(=O)CCCCCCC/C=C\CCCCCCCC. The summed E-state index contributed by atoms with van der Waals surface area (Å²) >= 11 is 0. The summed E-state index contributed by atoms with van der Waals surface area (Å²) in [6.07, 6.45) is 80.5. The summed E-state index contributed by atoms with van der Waals surface area (Å²) in [5.41, 5.74) is 0. The highest BCUT2D eigenvalue weighted by Crippen LogP contribution is 2.17. The van der Waals surface area contributed by atoms with Crippen molar-refractivity contribution in [3.05, 3.63) is 72.9 Å². The van der Waals surface area contributed by atoms with Crippen molar-refractivity contribution in [2.45, 2.75) is 329 Å². The highest BCUT2D eigenvalue weighted by Gasteiger charge is 2.19. The van der Waals surface area contributed by atoms with Crippen molar-refractivity contribution >= 4 is 17.9 Å². The molecule has 0 bridgehead atoms. The van der Waals surface area contributed by atoms with Gasteiger partial charge in [0, 0.05) is 19.3 Å². The molecule has 0 amide bonds. The zero-order valence-electron chi connectivity index (χ0n) is 49.1. The van der Waals surface area contributed by atoms with Gasteiger partial charge in [0.25, 0.3) is 0 Å². The van der Waals surface area contributed by atoms with E-state index in [2.05, 4.69) is 93.7 Å². The van der Waals surface area contributed by atoms with Gasteiger partial charge in [-0.15, -0.1) is 0 Å². The molecule has 74 heavy (non-hydrogen) atoms. The fourth-order valence-corrected chi connectivity index (χ4v) is 9.17. The molecule has 428 valence electrons. The lowest BCUT2D eigenvalue weighted by molar-refractivity contribution is -0.167. The number of rotatable bonds is 58. The monoisotopic (exact) mass is 1030 g/mol. The molecule has 0 aliphatic rings. The van der Waals surface area contributed by atoms with Crippen LogP contribution in [0.2, 0.25) is 0 Å². The molecule has 0 radical (unpaired) electrons. The minimum absolute atomic E-state index is 0.0745. The third kappa shape index (κ3) is 59.7. The molecule has 6 nitrogen and oxygen atoms in total. The van der Waals surface area contributed by atoms with Crippen LogP contribution in [0.5, 0.6) is 0 Å². The largest absolute Gasteiger partial charge is 0.462 e. The maximum atomic E-state index is 12.9. The van der Waals surface area contributed by atoms with Gasteiger partial charge in [0.15, 0.2) is 6.10 Å². The maximum Gasteiger partial charge on any atom is 0.306 e. The van der Waals surface area contributed by atoms with Crippen molar-refractivity contribution in [2.24, 2.45) is 0 Å². The number of hydrogen-bond donors (Lipinski definition) is 0. The van der Waals surface area contributed by atoms with Crippen molar-refractivity contribution in [3.63, 3.8) is 0 Å². The van der Waals surface area contributed by atoms with Crippen LogP contribution in [0.4, 0.5) is 0 Å². The molecule has 0 heterocycles. The summed E-state index contributed by atoms with van der Waals surface area (Å²) < 4.78 is 16.9. The summed E-state index contributed by atoms with van der Waals surface area (Å²) in [5.74, 6) is -0.870. The van der Waals surface area contributed by atoms with Crippen LogP contribution in [0.25, 0.3) is 0 Å². The van der Waals surface area contributed by atoms with Crippen molar-refractivity contribution in [2.75, 3.05) is 13.2 Å². The third-order valence-corrected chi connectivity index (χ3v) is 13.9. The van der Waals surface area contributed by atoms with E-state index in [-0.39, 0.29) is 31.1 Å². The van der Waals surface area contributed by atoms with E-state index < -0.39 is 6.10 Å². The first-order valence-corrected chi connectivity index (χ1v) is 31.9. The molecule has 1 atom stereocenters. The van der Waals surface area contributed by atoms with Crippen LogP contribution in [-0.4, -0.2) is 37.2 Å². The maximum absolute atomic E-state index is 12.9. The quantitative estimate of drug-likeness (QED) is 0.0261. The van der Waals surface area contributed by atoms with Crippen LogP contribution in [0, 0.1) is 0 Å². The Balaban J connectivity index is 4.21. The summed E-state index contributed by atoms with van der Waals surface area (Å²) in [6.45, 7) is 6.54. The van der Waals surface area contributed by atoms with E-state index in [0.29, 0.717) is 19.3 Å². The topological polar surface area (TPSA) is 78.9 Å². The van der Waals surface area contributed by atoms with E-state index in [1.54, 1.807) is 0 Å². The molecular weight excluding hydrogens is 913 g/mol. The highest BCUT2D eigenvalue weighted by molar-refractivity contribution is 5.71. The zero-order valence-corrected chi connectivity index (χ0v) is 49.1. The lowest BCUT2D eigenvalue weighted by atomic mass is 10.0. The fourth-order valence-electron chi connectivity index (χ4n) is 9.17. The second-order valence-electron chi connectivity index (χ2n) is 21.3. The number of ether oxygens (including phenoxy) is 3. The molecule has 0 aromatic carbocycles. The summed E-state index contributed by atoms with van der Waals surface area (Å²) in [4.78, 5) is 38.2. The lowest BCUT2D eigenvalue weighted by Crippen LogP contribution is -2.30. The van der Waals surface area contributed by atoms with Gasteiger partial charge in [-0.05, 0) is 89.9 Å². The molecule has 6 heteroatoms. The number of esters is 3. The number of allylic oxidation sites excluding steroid dienone is 12. The Labute approximate surface area is 459 Å². The third-order valence-electron chi connectivity index (χ3n) is 13.9. The Bertz CT molecular complexity index is 1370. The van der Waals surface area contributed by atoms with E-state index >= 15 is 0 Å². The predicted molar refractivity (Wildman–Crippen MR) is 321 cm³/mol. The second-order valence-corrected chi connectivity index (χ2v) is 21.3. The number of carbonyl (C=O) groups excluding carboxylic acids is 3. The molecule has 0 aromatic rings. The van der Waals surface area contributed by atoms with Crippen LogP contribution in [0.1, 0.15) is 323 Å². The first-order chi connectivity index (χ1) is 36.5.